The summed E-state index contributed by atoms with van der Waals surface area (Å²) in [5.41, 5.74) is 4.45. The van der Waals surface area contributed by atoms with Crippen molar-refractivity contribution >= 4 is 22.8 Å². The van der Waals surface area contributed by atoms with Crippen molar-refractivity contribution in [1.29, 1.82) is 0 Å². The average molecular weight is 512 g/mol. The van der Waals surface area contributed by atoms with Gasteiger partial charge < -0.3 is 15.0 Å². The number of nitrogens with zero attached hydrogens (tertiary/aromatic N) is 4. The lowest BCUT2D eigenvalue weighted by Gasteiger charge is -2.32. The molecule has 1 N–H and O–H groups in total. The van der Waals surface area contributed by atoms with E-state index in [9.17, 15) is 9.59 Å². The van der Waals surface area contributed by atoms with Gasteiger partial charge in [0.1, 0.15) is 18.1 Å². The summed E-state index contributed by atoms with van der Waals surface area (Å²) in [5, 5.41) is 11.5. The summed E-state index contributed by atoms with van der Waals surface area (Å²) in [6, 6.07) is 24.6. The number of benzene rings is 3. The molecule has 0 aliphatic carbocycles. The van der Waals surface area contributed by atoms with Gasteiger partial charge in [-0.2, -0.15) is 0 Å². The number of amides is 2. The van der Waals surface area contributed by atoms with E-state index in [4.69, 9.17) is 4.74 Å². The van der Waals surface area contributed by atoms with Crippen molar-refractivity contribution in [3.8, 4) is 0 Å². The summed E-state index contributed by atoms with van der Waals surface area (Å²) >= 11 is 0. The van der Waals surface area contributed by atoms with E-state index >= 15 is 0 Å². The predicted octanol–water partition coefficient (Wildman–Crippen LogP) is 3.85. The molecule has 1 fully saturated rings. The van der Waals surface area contributed by atoms with Gasteiger partial charge in [-0.05, 0) is 49.4 Å². The van der Waals surface area contributed by atoms with Crippen molar-refractivity contribution in [3.05, 3.63) is 95.6 Å². The van der Waals surface area contributed by atoms with Gasteiger partial charge in [0.05, 0.1) is 11.6 Å². The second-order valence-electron chi connectivity index (χ2n) is 9.75. The maximum absolute atomic E-state index is 14.0. The fourth-order valence-corrected chi connectivity index (χ4v) is 4.88. The van der Waals surface area contributed by atoms with Gasteiger partial charge in [-0.25, -0.2) is 4.68 Å². The highest BCUT2D eigenvalue weighted by Crippen LogP contribution is 2.24. The Kier molecular flexibility index (Phi) is 8.09. The monoisotopic (exact) mass is 511 g/mol. The van der Waals surface area contributed by atoms with Gasteiger partial charge in [0, 0.05) is 19.7 Å². The van der Waals surface area contributed by atoms with Crippen LogP contribution in [0.15, 0.2) is 78.9 Å². The molecule has 5 rings (SSSR count). The highest BCUT2D eigenvalue weighted by atomic mass is 16.5. The molecule has 1 aromatic heterocycles. The Morgan fingerprint density at radius 3 is 2.58 bits per heavy atom. The number of rotatable bonds is 10. The van der Waals surface area contributed by atoms with Gasteiger partial charge in [0.2, 0.25) is 11.8 Å². The molecular weight excluding hydrogens is 478 g/mol. The molecule has 2 amide bonds. The standard InChI is InChI=1S/C30H33N5O3/c1-22-13-15-24(16-14-22)29(30(37)31-20-25-10-7-19-38-25)34(18-17-23-8-3-2-4-9-23)28(36)21-35-27-12-6-5-11-26(27)32-33-35/h2-6,8-9,11-16,25,29H,7,10,17-21H2,1H3,(H,31,37)/t25-,29-/m0/s1. The lowest BCUT2D eigenvalue weighted by atomic mass is 10.0. The van der Waals surface area contributed by atoms with Crippen LogP contribution in [-0.4, -0.2) is 57.5 Å². The van der Waals surface area contributed by atoms with Gasteiger partial charge in [0.15, 0.2) is 0 Å². The van der Waals surface area contributed by atoms with Gasteiger partial charge in [0.25, 0.3) is 0 Å². The molecule has 8 heteroatoms. The third kappa shape index (κ3) is 6.08. The molecule has 3 aromatic carbocycles. The Hall–Kier alpha value is -4.04. The van der Waals surface area contributed by atoms with Crippen LogP contribution in [0.25, 0.3) is 11.0 Å². The SMILES string of the molecule is Cc1ccc([C@@H](C(=O)NC[C@@H]2CCCO2)N(CCc2ccccc2)C(=O)Cn2nnc3ccccc32)cc1. The molecule has 1 aliphatic heterocycles. The lowest BCUT2D eigenvalue weighted by Crippen LogP contribution is -2.47. The zero-order valence-electron chi connectivity index (χ0n) is 21.6. The van der Waals surface area contributed by atoms with Crippen LogP contribution in [-0.2, 0) is 27.3 Å². The number of aryl methyl sites for hydroxylation is 1. The Labute approximate surface area is 222 Å². The Morgan fingerprint density at radius 1 is 1.05 bits per heavy atom. The summed E-state index contributed by atoms with van der Waals surface area (Å²) in [5.74, 6) is -0.413. The van der Waals surface area contributed by atoms with Crippen molar-refractivity contribution in [1.82, 2.24) is 25.2 Å². The number of carbonyl (C=O) groups is 2. The molecule has 38 heavy (non-hydrogen) atoms. The molecule has 0 unspecified atom stereocenters. The smallest absolute Gasteiger partial charge is 0.247 e. The third-order valence-electron chi connectivity index (χ3n) is 6.99. The molecule has 0 radical (unpaired) electrons. The average Bonchev–Trinajstić information content (AvgIpc) is 3.61. The van der Waals surface area contributed by atoms with Gasteiger partial charge in [-0.3, -0.25) is 9.59 Å². The minimum Gasteiger partial charge on any atom is -0.376 e. The van der Waals surface area contributed by atoms with E-state index in [0.29, 0.717) is 19.5 Å². The molecule has 8 nitrogen and oxygen atoms in total. The third-order valence-corrected chi connectivity index (χ3v) is 6.99. The minimum absolute atomic E-state index is 0.00704. The first-order valence-electron chi connectivity index (χ1n) is 13.2. The van der Waals surface area contributed by atoms with Gasteiger partial charge in [-0.1, -0.05) is 77.5 Å². The van der Waals surface area contributed by atoms with E-state index in [2.05, 4.69) is 15.6 Å². The molecule has 1 aliphatic rings. The van der Waals surface area contributed by atoms with Crippen molar-refractivity contribution in [2.45, 2.75) is 44.9 Å². The number of hydrogen-bond donors (Lipinski definition) is 1. The zero-order chi connectivity index (χ0) is 26.3. The molecular formula is C30H33N5O3. The summed E-state index contributed by atoms with van der Waals surface area (Å²) in [7, 11) is 0. The topological polar surface area (TPSA) is 89.4 Å². The first-order valence-corrected chi connectivity index (χ1v) is 13.2. The van der Waals surface area contributed by atoms with Crippen LogP contribution in [0, 0.1) is 6.92 Å². The fourth-order valence-electron chi connectivity index (χ4n) is 4.88. The van der Waals surface area contributed by atoms with Gasteiger partial charge >= 0.3 is 0 Å². The molecule has 196 valence electrons. The van der Waals surface area contributed by atoms with E-state index < -0.39 is 6.04 Å². The van der Waals surface area contributed by atoms with E-state index in [1.165, 1.54) is 0 Å². The van der Waals surface area contributed by atoms with Crippen molar-refractivity contribution in [2.75, 3.05) is 19.7 Å². The van der Waals surface area contributed by atoms with Crippen LogP contribution in [0.1, 0.15) is 35.6 Å². The summed E-state index contributed by atoms with van der Waals surface area (Å²) in [6.07, 6.45) is 2.54. The van der Waals surface area contributed by atoms with E-state index in [1.54, 1.807) is 9.58 Å². The van der Waals surface area contributed by atoms with Crippen LogP contribution in [0.4, 0.5) is 0 Å². The Bertz CT molecular complexity index is 1360. The van der Waals surface area contributed by atoms with Crippen molar-refractivity contribution in [2.24, 2.45) is 0 Å². The molecule has 4 aromatic rings. The van der Waals surface area contributed by atoms with E-state index in [0.717, 1.165) is 47.2 Å². The maximum atomic E-state index is 14.0. The first-order chi connectivity index (χ1) is 18.6. The molecule has 2 heterocycles. The number of para-hydroxylation sites is 1. The first kappa shape index (κ1) is 25.6. The van der Waals surface area contributed by atoms with Crippen LogP contribution in [0.5, 0.6) is 0 Å². The number of carbonyl (C=O) groups excluding carboxylic acids is 2. The van der Waals surface area contributed by atoms with Gasteiger partial charge in [-0.15, -0.1) is 5.10 Å². The second-order valence-corrected chi connectivity index (χ2v) is 9.75. The summed E-state index contributed by atoms with van der Waals surface area (Å²) < 4.78 is 7.32. The number of ether oxygens (including phenoxy) is 1. The number of hydrogen-bond acceptors (Lipinski definition) is 5. The number of fused-ring (bicyclic) bond motifs is 1. The lowest BCUT2D eigenvalue weighted by molar-refractivity contribution is -0.141. The maximum Gasteiger partial charge on any atom is 0.247 e. The largest absolute Gasteiger partial charge is 0.376 e. The van der Waals surface area contributed by atoms with Crippen LogP contribution in [0.2, 0.25) is 0 Å². The molecule has 0 bridgehead atoms. The van der Waals surface area contributed by atoms with Crippen molar-refractivity contribution < 1.29 is 14.3 Å². The molecule has 2 atom stereocenters. The summed E-state index contributed by atoms with van der Waals surface area (Å²) in [4.78, 5) is 29.4. The fraction of sp³-hybridized carbons (Fsp3) is 0.333. The second kappa shape index (κ2) is 12.0. The molecule has 0 saturated carbocycles. The Balaban J connectivity index is 1.45. The predicted molar refractivity (Wildman–Crippen MR) is 145 cm³/mol. The van der Waals surface area contributed by atoms with E-state index in [-0.39, 0.29) is 24.5 Å². The quantitative estimate of drug-likeness (QED) is 0.349. The van der Waals surface area contributed by atoms with Crippen LogP contribution in [0.3, 0.4) is 0 Å². The summed E-state index contributed by atoms with van der Waals surface area (Å²) in [6.45, 7) is 3.51. The number of nitrogens with one attached hydrogen (secondary N) is 1. The molecule has 0 spiro atoms. The van der Waals surface area contributed by atoms with Crippen molar-refractivity contribution in [3.63, 3.8) is 0 Å². The Morgan fingerprint density at radius 2 is 1.82 bits per heavy atom. The number of aromatic nitrogens is 3. The van der Waals surface area contributed by atoms with Crippen LogP contribution >= 0.6 is 0 Å². The molecule has 1 saturated heterocycles. The highest BCUT2D eigenvalue weighted by Gasteiger charge is 2.32. The normalized spacial score (nSPS) is 15.9. The van der Waals surface area contributed by atoms with Crippen LogP contribution < -0.4 is 5.32 Å². The van der Waals surface area contributed by atoms with E-state index in [1.807, 2.05) is 85.8 Å². The minimum atomic E-state index is -0.789. The zero-order valence-corrected chi connectivity index (χ0v) is 21.6. The highest BCUT2D eigenvalue weighted by molar-refractivity contribution is 5.89.